The Morgan fingerprint density at radius 2 is 1.42 bits per heavy atom. The first-order chi connectivity index (χ1) is 31.9. The largest absolute Gasteiger partial charge is 0.507 e. The molecule has 60 heavy (non-hydrogen) atoms. The fraction of sp³-hybridized carbons (Fsp3) is 0.236. The van der Waals surface area contributed by atoms with Crippen LogP contribution in [0.4, 0.5) is 0 Å². The molecule has 8 aromatic rings. The van der Waals surface area contributed by atoms with Crippen molar-refractivity contribution >= 4 is 11.0 Å². The average molecular weight is 977 g/mol. The second-order valence-electron chi connectivity index (χ2n) is 17.0. The molecule has 0 spiro atoms. The summed E-state index contributed by atoms with van der Waals surface area (Å²) in [4.78, 5) is 9.92. The van der Waals surface area contributed by atoms with Gasteiger partial charge >= 0.3 is 0 Å². The second-order valence-corrected chi connectivity index (χ2v) is 17.0. The molecule has 0 atom stereocenters. The normalized spacial score (nSPS) is 14.1. The number of aromatic nitrogens is 3. The molecule has 0 aliphatic rings. The summed E-state index contributed by atoms with van der Waals surface area (Å²) in [6, 6.07) is 29.4. The van der Waals surface area contributed by atoms with Crippen LogP contribution in [-0.4, -0.2) is 19.6 Å². The fourth-order valence-electron chi connectivity index (χ4n) is 7.48. The number of hydrogen-bond donors (Lipinski definition) is 1. The second kappa shape index (κ2) is 17.2. The third-order valence-corrected chi connectivity index (χ3v) is 10.9. The van der Waals surface area contributed by atoms with E-state index in [4.69, 9.17) is 16.0 Å². The Balaban J connectivity index is 0.00000703. The van der Waals surface area contributed by atoms with E-state index in [0.29, 0.717) is 33.6 Å². The van der Waals surface area contributed by atoms with E-state index >= 15 is 0 Å². The van der Waals surface area contributed by atoms with Gasteiger partial charge in [-0.1, -0.05) is 164 Å². The van der Waals surface area contributed by atoms with Crippen LogP contribution in [0.15, 0.2) is 139 Å². The van der Waals surface area contributed by atoms with E-state index in [9.17, 15) is 6.48 Å². The minimum atomic E-state index is -0.901. The number of fused-ring (bicyclic) bond motifs is 1. The molecule has 0 saturated heterocycles. The van der Waals surface area contributed by atoms with Gasteiger partial charge in [-0.2, -0.15) is 0 Å². The molecule has 0 aliphatic heterocycles. The molecular formula is C55H54N3OPt-. The molecule has 0 saturated carbocycles. The minimum absolute atomic E-state index is 0. The van der Waals surface area contributed by atoms with Crippen LogP contribution in [0.25, 0.3) is 72.7 Å². The van der Waals surface area contributed by atoms with Crippen molar-refractivity contribution in [3.63, 3.8) is 0 Å². The van der Waals surface area contributed by atoms with Gasteiger partial charge in [0.05, 0.1) is 33.3 Å². The maximum atomic E-state index is 12.3. The molecule has 0 fully saturated rings. The van der Waals surface area contributed by atoms with Gasteiger partial charge in [0.25, 0.3) is 0 Å². The number of benzene rings is 6. The molecule has 2 heterocycles. The molecular weight excluding hydrogens is 914 g/mol. The molecule has 0 amide bonds. The first-order valence-electron chi connectivity index (χ1n) is 24.6. The SMILES string of the molecule is [2H]c1nc(-c2[c-]c(-c3cccc4c3nc(-c3cc(C(C)C)cc(C(C)C)c3O)n4-c3ccc(C([2H])(C)C)cc3-c3ccccc3)cc(C(C)(C)C)c2)c([2H])c(-c2c([2H])c([2H])c([2H])c([2H])c2[2H])c1[2H].[Pt]. The fourth-order valence-corrected chi connectivity index (χ4v) is 7.48. The van der Waals surface area contributed by atoms with Crippen molar-refractivity contribution in [1.82, 2.24) is 14.5 Å². The van der Waals surface area contributed by atoms with E-state index in [2.05, 4.69) is 55.4 Å². The maximum Gasteiger partial charge on any atom is 0.148 e. The van der Waals surface area contributed by atoms with Crippen LogP contribution in [0, 0.1) is 6.07 Å². The van der Waals surface area contributed by atoms with E-state index in [1.54, 1.807) is 0 Å². The number of phenolic OH excluding ortho intramolecular Hbond substituents is 1. The molecule has 2 aromatic heterocycles. The van der Waals surface area contributed by atoms with Gasteiger partial charge in [0.2, 0.25) is 0 Å². The van der Waals surface area contributed by atoms with Crippen LogP contribution in [-0.2, 0) is 26.5 Å². The number of hydrogen-bond acceptors (Lipinski definition) is 3. The Labute approximate surface area is 383 Å². The van der Waals surface area contributed by atoms with E-state index in [0.717, 1.165) is 44.6 Å². The summed E-state index contributed by atoms with van der Waals surface area (Å²) >= 11 is 0. The third-order valence-electron chi connectivity index (χ3n) is 10.9. The zero-order valence-corrected chi connectivity index (χ0v) is 37.7. The first-order valence-corrected chi connectivity index (χ1v) is 20.1. The van der Waals surface area contributed by atoms with E-state index < -0.39 is 53.7 Å². The summed E-state index contributed by atoms with van der Waals surface area (Å²) in [6.07, 6.45) is -0.530. The predicted octanol–water partition coefficient (Wildman–Crippen LogP) is 14.9. The van der Waals surface area contributed by atoms with Crippen molar-refractivity contribution in [2.24, 2.45) is 0 Å². The zero-order chi connectivity index (χ0) is 49.5. The van der Waals surface area contributed by atoms with Crippen molar-refractivity contribution in [1.29, 1.82) is 0 Å². The van der Waals surface area contributed by atoms with Crippen LogP contribution >= 0.6 is 0 Å². The van der Waals surface area contributed by atoms with Gasteiger partial charge < -0.3 is 5.11 Å². The maximum absolute atomic E-state index is 12.3. The number of rotatable bonds is 9. The quantitative estimate of drug-likeness (QED) is 0.147. The smallest absolute Gasteiger partial charge is 0.148 e. The van der Waals surface area contributed by atoms with Gasteiger partial charge in [-0.15, -0.1) is 29.3 Å². The van der Waals surface area contributed by atoms with Gasteiger partial charge in [0.15, 0.2) is 0 Å². The van der Waals surface area contributed by atoms with Crippen molar-refractivity contribution in [2.45, 2.75) is 85.5 Å². The molecule has 4 nitrogen and oxygen atoms in total. The van der Waals surface area contributed by atoms with Crippen molar-refractivity contribution in [3.8, 4) is 67.5 Å². The van der Waals surface area contributed by atoms with Crippen molar-refractivity contribution in [2.75, 3.05) is 0 Å². The Kier molecular flexibility index (Phi) is 9.23. The summed E-state index contributed by atoms with van der Waals surface area (Å²) in [6.45, 7) is 18.2. The Morgan fingerprint density at radius 1 is 0.700 bits per heavy atom. The monoisotopic (exact) mass is 976 g/mol. The number of imidazole rings is 1. The van der Waals surface area contributed by atoms with Gasteiger partial charge in [0.1, 0.15) is 11.6 Å². The van der Waals surface area contributed by atoms with Crippen LogP contribution in [0.5, 0.6) is 5.75 Å². The molecule has 0 aliphatic carbocycles. The van der Waals surface area contributed by atoms with Gasteiger partial charge in [-0.05, 0) is 86.8 Å². The topological polar surface area (TPSA) is 50.9 Å². The average Bonchev–Trinajstić information content (AvgIpc) is 3.68. The minimum Gasteiger partial charge on any atom is -0.507 e. The Hall–Kier alpha value is -5.57. The molecule has 1 N–H and O–H groups in total. The van der Waals surface area contributed by atoms with Crippen LogP contribution in [0.1, 0.15) is 115 Å². The van der Waals surface area contributed by atoms with Crippen LogP contribution < -0.4 is 0 Å². The number of phenols is 1. The molecule has 8 rings (SSSR count). The summed E-state index contributed by atoms with van der Waals surface area (Å²) in [7, 11) is 0. The van der Waals surface area contributed by atoms with E-state index in [1.807, 2.05) is 113 Å². The summed E-state index contributed by atoms with van der Waals surface area (Å²) in [5.41, 5.74) is 8.35. The van der Waals surface area contributed by atoms with Crippen LogP contribution in [0.3, 0.4) is 0 Å². The van der Waals surface area contributed by atoms with Gasteiger partial charge in [-0.25, -0.2) is 4.98 Å². The standard InChI is InChI=1S/C55H54N3O.Pt/c1-34(2)39-23-24-50(47(30-39)38-19-14-11-15-20-38)58-51-22-16-21-45(52(51)57-54(58)48-32-41(35(3)4)31-46(36(5)6)53(48)59)42-27-43(29-44(28-42)55(7,8)9)49-33-40(25-26-56-49)37-17-12-10-13-18-37;/h10-26,28-36,59H,1-9H3;/q-1;/i10D,12D,13D,17D,18D,25D,26D,33D,34D;. The summed E-state index contributed by atoms with van der Waals surface area (Å²) in [5.74, 6) is -0.139. The van der Waals surface area contributed by atoms with Crippen LogP contribution in [0.2, 0.25) is 0 Å². The zero-order valence-electron chi connectivity index (χ0n) is 44.4. The molecule has 0 bridgehead atoms. The number of pyridine rings is 1. The number of nitrogens with zero attached hydrogens (tertiary/aromatic N) is 3. The number of aromatic hydroxyl groups is 1. The molecule has 0 unspecified atom stereocenters. The van der Waals surface area contributed by atoms with E-state index in [-0.39, 0.29) is 61.5 Å². The van der Waals surface area contributed by atoms with Gasteiger partial charge in [0, 0.05) is 39.9 Å². The summed E-state index contributed by atoms with van der Waals surface area (Å²) in [5, 5.41) is 12.3. The summed E-state index contributed by atoms with van der Waals surface area (Å²) < 4.78 is 80.5. The Bertz CT molecular complexity index is 3290. The molecule has 306 valence electrons. The molecule has 5 heteroatoms. The van der Waals surface area contributed by atoms with E-state index in [1.165, 1.54) is 0 Å². The van der Waals surface area contributed by atoms with Crippen molar-refractivity contribution < 1.29 is 38.5 Å². The molecule has 0 radical (unpaired) electrons. The molecule has 6 aromatic carbocycles. The first kappa shape index (κ1) is 32.2. The third kappa shape index (κ3) is 8.28. The number of para-hydroxylation sites is 1. The Morgan fingerprint density at radius 3 is 2.10 bits per heavy atom. The predicted molar refractivity (Wildman–Crippen MR) is 248 cm³/mol. The van der Waals surface area contributed by atoms with Crippen molar-refractivity contribution in [3.05, 3.63) is 168 Å². The van der Waals surface area contributed by atoms with Gasteiger partial charge in [-0.3, -0.25) is 9.55 Å².